The molecule has 1 N–H and O–H groups in total. The summed E-state index contributed by atoms with van der Waals surface area (Å²) in [5.74, 6) is 0.252. The lowest BCUT2D eigenvalue weighted by atomic mass is 10.1. The normalized spacial score (nSPS) is 17.3. The number of hydrogen-bond acceptors (Lipinski definition) is 4. The highest BCUT2D eigenvalue weighted by Gasteiger charge is 2.39. The average Bonchev–Trinajstić information content (AvgIpc) is 2.85. The number of imide groups is 1. The van der Waals surface area contributed by atoms with Gasteiger partial charge in [-0.25, -0.2) is 4.90 Å². The van der Waals surface area contributed by atoms with Gasteiger partial charge in [0.1, 0.15) is 11.8 Å². The Morgan fingerprint density at radius 2 is 1.79 bits per heavy atom. The van der Waals surface area contributed by atoms with Crippen molar-refractivity contribution in [2.75, 3.05) is 17.3 Å². The van der Waals surface area contributed by atoms with Crippen molar-refractivity contribution in [2.24, 2.45) is 0 Å². The van der Waals surface area contributed by atoms with Crippen molar-refractivity contribution >= 4 is 23.2 Å². The topological polar surface area (TPSA) is 58.6 Å². The third-order valence-electron chi connectivity index (χ3n) is 4.20. The van der Waals surface area contributed by atoms with E-state index in [0.717, 1.165) is 16.8 Å². The van der Waals surface area contributed by atoms with Crippen LogP contribution in [-0.2, 0) is 9.59 Å². The second kappa shape index (κ2) is 6.35. The Bertz CT molecular complexity index is 784. The maximum atomic E-state index is 12.7. The molecule has 0 unspecified atom stereocenters. The largest absolute Gasteiger partial charge is 0.497 e. The molecule has 3 rings (SSSR count). The van der Waals surface area contributed by atoms with Gasteiger partial charge in [0.2, 0.25) is 5.91 Å². The Hall–Kier alpha value is -2.82. The minimum absolute atomic E-state index is 0.151. The summed E-state index contributed by atoms with van der Waals surface area (Å²) in [5, 5.41) is 3.22. The first kappa shape index (κ1) is 16.1. The number of carbonyl (C=O) groups excluding carboxylic acids is 2. The number of benzene rings is 2. The van der Waals surface area contributed by atoms with Crippen LogP contribution in [0.5, 0.6) is 5.75 Å². The molecule has 1 heterocycles. The molecule has 1 fully saturated rings. The van der Waals surface area contributed by atoms with Crippen LogP contribution in [0.1, 0.15) is 17.5 Å². The molecule has 1 aliphatic rings. The summed E-state index contributed by atoms with van der Waals surface area (Å²) in [6.45, 7) is 3.97. The molecule has 0 spiro atoms. The molecule has 2 amide bonds. The lowest BCUT2D eigenvalue weighted by molar-refractivity contribution is -0.121. The van der Waals surface area contributed by atoms with Gasteiger partial charge in [-0.2, -0.15) is 0 Å². The van der Waals surface area contributed by atoms with Gasteiger partial charge in [-0.1, -0.05) is 12.1 Å². The zero-order chi connectivity index (χ0) is 17.3. The Balaban J connectivity index is 1.82. The van der Waals surface area contributed by atoms with Gasteiger partial charge in [0.15, 0.2) is 0 Å². The fourth-order valence-electron chi connectivity index (χ4n) is 2.83. The molecule has 1 atom stereocenters. The number of anilines is 2. The van der Waals surface area contributed by atoms with E-state index >= 15 is 0 Å². The molecule has 1 aliphatic heterocycles. The summed E-state index contributed by atoms with van der Waals surface area (Å²) >= 11 is 0. The van der Waals surface area contributed by atoms with E-state index in [-0.39, 0.29) is 18.2 Å². The molecule has 0 bridgehead atoms. The van der Waals surface area contributed by atoms with Gasteiger partial charge in [0.05, 0.1) is 19.2 Å². The fraction of sp³-hybridized carbons (Fsp3) is 0.263. The molecule has 0 aromatic heterocycles. The fourth-order valence-corrected chi connectivity index (χ4v) is 2.83. The van der Waals surface area contributed by atoms with Crippen molar-refractivity contribution in [1.29, 1.82) is 0 Å². The second-order valence-electron chi connectivity index (χ2n) is 5.98. The van der Waals surface area contributed by atoms with E-state index in [1.54, 1.807) is 31.4 Å². The number of amides is 2. The number of carbonyl (C=O) groups is 2. The lowest BCUT2D eigenvalue weighted by Crippen LogP contribution is -2.34. The van der Waals surface area contributed by atoms with Crippen LogP contribution in [0.25, 0.3) is 0 Å². The van der Waals surface area contributed by atoms with Crippen molar-refractivity contribution in [2.45, 2.75) is 26.3 Å². The van der Waals surface area contributed by atoms with E-state index in [1.807, 2.05) is 32.0 Å². The molecule has 0 saturated carbocycles. The molecule has 2 aromatic carbocycles. The van der Waals surface area contributed by atoms with Crippen LogP contribution in [0.4, 0.5) is 11.4 Å². The third-order valence-corrected chi connectivity index (χ3v) is 4.20. The Morgan fingerprint density at radius 3 is 2.46 bits per heavy atom. The lowest BCUT2D eigenvalue weighted by Gasteiger charge is -2.17. The molecule has 5 heteroatoms. The van der Waals surface area contributed by atoms with Gasteiger partial charge in [0, 0.05) is 5.69 Å². The van der Waals surface area contributed by atoms with Crippen LogP contribution < -0.4 is 15.0 Å². The maximum Gasteiger partial charge on any atom is 0.256 e. The quantitative estimate of drug-likeness (QED) is 0.878. The predicted octanol–water partition coefficient (Wildman–Crippen LogP) is 3.06. The maximum absolute atomic E-state index is 12.7. The molecule has 1 saturated heterocycles. The van der Waals surface area contributed by atoms with Gasteiger partial charge in [0.25, 0.3) is 5.91 Å². The monoisotopic (exact) mass is 324 g/mol. The smallest absolute Gasteiger partial charge is 0.256 e. The summed E-state index contributed by atoms with van der Waals surface area (Å²) in [4.78, 5) is 26.2. The highest BCUT2D eigenvalue weighted by Crippen LogP contribution is 2.27. The number of nitrogens with zero attached hydrogens (tertiary/aromatic N) is 1. The molecule has 0 aliphatic carbocycles. The van der Waals surface area contributed by atoms with Crippen LogP contribution in [0, 0.1) is 13.8 Å². The zero-order valence-electron chi connectivity index (χ0n) is 14.0. The van der Waals surface area contributed by atoms with Crippen LogP contribution >= 0.6 is 0 Å². The van der Waals surface area contributed by atoms with E-state index in [9.17, 15) is 9.59 Å². The summed E-state index contributed by atoms with van der Waals surface area (Å²) in [6, 6.07) is 12.4. The van der Waals surface area contributed by atoms with Crippen LogP contribution in [-0.4, -0.2) is 25.0 Å². The van der Waals surface area contributed by atoms with Crippen molar-refractivity contribution in [3.05, 3.63) is 53.6 Å². The van der Waals surface area contributed by atoms with Crippen LogP contribution in [0.2, 0.25) is 0 Å². The van der Waals surface area contributed by atoms with E-state index in [4.69, 9.17) is 4.74 Å². The average molecular weight is 324 g/mol. The van der Waals surface area contributed by atoms with Crippen molar-refractivity contribution in [3.63, 3.8) is 0 Å². The SMILES string of the molecule is COc1ccc(N2C(=O)C[C@@H](Nc3cc(C)ccc3C)C2=O)cc1. The van der Waals surface area contributed by atoms with Crippen molar-refractivity contribution < 1.29 is 14.3 Å². The highest BCUT2D eigenvalue weighted by atomic mass is 16.5. The molecular weight excluding hydrogens is 304 g/mol. The van der Waals surface area contributed by atoms with Gasteiger partial charge < -0.3 is 10.1 Å². The van der Waals surface area contributed by atoms with E-state index in [0.29, 0.717) is 11.4 Å². The summed E-state index contributed by atoms with van der Waals surface area (Å²) in [5.41, 5.74) is 3.60. The zero-order valence-corrected chi connectivity index (χ0v) is 14.0. The summed E-state index contributed by atoms with van der Waals surface area (Å²) < 4.78 is 5.11. The Morgan fingerprint density at radius 1 is 1.08 bits per heavy atom. The first-order valence-corrected chi connectivity index (χ1v) is 7.84. The predicted molar refractivity (Wildman–Crippen MR) is 93.4 cm³/mol. The molecule has 124 valence electrons. The number of ether oxygens (including phenoxy) is 1. The minimum Gasteiger partial charge on any atom is -0.497 e. The number of rotatable bonds is 4. The van der Waals surface area contributed by atoms with Crippen LogP contribution in [0.15, 0.2) is 42.5 Å². The Kier molecular flexibility index (Phi) is 4.25. The minimum atomic E-state index is -0.542. The van der Waals surface area contributed by atoms with Crippen molar-refractivity contribution in [1.82, 2.24) is 0 Å². The molecule has 5 nitrogen and oxygen atoms in total. The molecule has 2 aromatic rings. The first-order valence-electron chi connectivity index (χ1n) is 7.84. The van der Waals surface area contributed by atoms with E-state index in [2.05, 4.69) is 5.32 Å². The first-order chi connectivity index (χ1) is 11.5. The number of nitrogens with one attached hydrogen (secondary N) is 1. The molecular formula is C19H20N2O3. The highest BCUT2D eigenvalue weighted by molar-refractivity contribution is 6.23. The summed E-state index contributed by atoms with van der Waals surface area (Å²) in [7, 11) is 1.57. The van der Waals surface area contributed by atoms with Gasteiger partial charge in [-0.15, -0.1) is 0 Å². The number of methoxy groups -OCH3 is 1. The number of aryl methyl sites for hydroxylation is 2. The number of hydrogen-bond donors (Lipinski definition) is 1. The molecule has 0 radical (unpaired) electrons. The summed E-state index contributed by atoms with van der Waals surface area (Å²) in [6.07, 6.45) is 0.151. The van der Waals surface area contributed by atoms with E-state index < -0.39 is 6.04 Å². The third kappa shape index (κ3) is 2.97. The van der Waals surface area contributed by atoms with Gasteiger partial charge in [-0.05, 0) is 55.3 Å². The molecule has 24 heavy (non-hydrogen) atoms. The van der Waals surface area contributed by atoms with Gasteiger partial charge in [-0.3, -0.25) is 9.59 Å². The van der Waals surface area contributed by atoms with Gasteiger partial charge >= 0.3 is 0 Å². The van der Waals surface area contributed by atoms with E-state index in [1.165, 1.54) is 4.90 Å². The van der Waals surface area contributed by atoms with Crippen molar-refractivity contribution in [3.8, 4) is 5.75 Å². The van der Waals surface area contributed by atoms with Crippen LogP contribution in [0.3, 0.4) is 0 Å². The second-order valence-corrected chi connectivity index (χ2v) is 5.98. The standard InChI is InChI=1S/C19H20N2O3/c1-12-4-5-13(2)16(10-12)20-17-11-18(22)21(19(17)23)14-6-8-15(24-3)9-7-14/h4-10,17,20H,11H2,1-3H3/t17-/m1/s1. The Labute approximate surface area is 141 Å².